The smallest absolute Gasteiger partial charge is 0.410 e. The van der Waals surface area contributed by atoms with Crippen molar-refractivity contribution in [3.05, 3.63) is 0 Å². The Kier molecular flexibility index (Phi) is 6.11. The highest BCUT2D eigenvalue weighted by atomic mass is 35.5. The molecule has 0 radical (unpaired) electrons. The second-order valence-electron chi connectivity index (χ2n) is 5.15. The number of likely N-dealkylation sites (N-methyl/N-ethyl adjacent to an activating group) is 1. The van der Waals surface area contributed by atoms with E-state index < -0.39 is 5.60 Å². The van der Waals surface area contributed by atoms with Crippen LogP contribution < -0.4 is 5.32 Å². The fourth-order valence-corrected chi connectivity index (χ4v) is 1.66. The van der Waals surface area contributed by atoms with E-state index >= 15 is 0 Å². The number of amides is 1. The van der Waals surface area contributed by atoms with Crippen LogP contribution in [0.5, 0.6) is 0 Å². The molecule has 0 saturated carbocycles. The lowest BCUT2D eigenvalue weighted by Gasteiger charge is -2.26. The van der Waals surface area contributed by atoms with Crippen LogP contribution in [0.3, 0.4) is 0 Å². The van der Waals surface area contributed by atoms with Gasteiger partial charge in [0.15, 0.2) is 0 Å². The monoisotopic (exact) mass is 250 g/mol. The summed E-state index contributed by atoms with van der Waals surface area (Å²) < 4.78 is 5.27. The van der Waals surface area contributed by atoms with Gasteiger partial charge in [-0.3, -0.25) is 0 Å². The lowest BCUT2D eigenvalue weighted by atomic mass is 10.2. The highest BCUT2D eigenvalue weighted by Gasteiger charge is 2.23. The summed E-state index contributed by atoms with van der Waals surface area (Å²) in [5, 5.41) is 3.36. The summed E-state index contributed by atoms with van der Waals surface area (Å²) in [6.07, 6.45) is 2.11. The van der Waals surface area contributed by atoms with Gasteiger partial charge >= 0.3 is 6.09 Å². The number of nitrogens with one attached hydrogen (secondary N) is 1. The molecule has 1 saturated heterocycles. The summed E-state index contributed by atoms with van der Waals surface area (Å²) in [6.45, 7) is 7.44. The average Bonchev–Trinajstić information content (AvgIpc) is 2.53. The Morgan fingerprint density at radius 1 is 1.50 bits per heavy atom. The maximum Gasteiger partial charge on any atom is 0.410 e. The molecule has 1 fully saturated rings. The summed E-state index contributed by atoms with van der Waals surface area (Å²) in [5.74, 6) is 0. The van der Waals surface area contributed by atoms with Crippen molar-refractivity contribution in [2.24, 2.45) is 0 Å². The minimum atomic E-state index is -0.408. The number of rotatable bonds is 2. The summed E-state index contributed by atoms with van der Waals surface area (Å²) >= 11 is 0. The van der Waals surface area contributed by atoms with Crippen LogP contribution in [0.1, 0.15) is 33.6 Å². The van der Waals surface area contributed by atoms with Crippen LogP contribution in [0.2, 0.25) is 0 Å². The van der Waals surface area contributed by atoms with Crippen molar-refractivity contribution in [2.75, 3.05) is 20.1 Å². The molecule has 1 aliphatic rings. The summed E-state index contributed by atoms with van der Waals surface area (Å²) in [5.41, 5.74) is -0.408. The first kappa shape index (κ1) is 15.5. The first-order chi connectivity index (χ1) is 6.88. The predicted molar refractivity (Wildman–Crippen MR) is 67.1 cm³/mol. The average molecular weight is 251 g/mol. The van der Waals surface area contributed by atoms with E-state index in [-0.39, 0.29) is 18.5 Å². The Morgan fingerprint density at radius 2 is 2.12 bits per heavy atom. The summed E-state index contributed by atoms with van der Waals surface area (Å²) in [4.78, 5) is 13.3. The van der Waals surface area contributed by atoms with E-state index in [0.29, 0.717) is 6.04 Å². The molecule has 1 atom stereocenters. The number of carbonyl (C=O) groups excluding carboxylic acids is 1. The van der Waals surface area contributed by atoms with Gasteiger partial charge in [0, 0.05) is 19.6 Å². The minimum absolute atomic E-state index is 0. The van der Waals surface area contributed by atoms with E-state index in [4.69, 9.17) is 4.74 Å². The zero-order valence-corrected chi connectivity index (χ0v) is 11.4. The fraction of sp³-hybridized carbons (Fsp3) is 0.909. The molecule has 0 spiro atoms. The molecule has 0 unspecified atom stereocenters. The van der Waals surface area contributed by atoms with E-state index in [2.05, 4.69) is 5.32 Å². The fourth-order valence-electron chi connectivity index (χ4n) is 1.66. The minimum Gasteiger partial charge on any atom is -0.444 e. The van der Waals surface area contributed by atoms with Gasteiger partial charge in [-0.2, -0.15) is 0 Å². The molecule has 1 rings (SSSR count). The van der Waals surface area contributed by atoms with Gasteiger partial charge in [-0.15, -0.1) is 12.4 Å². The summed E-state index contributed by atoms with van der Waals surface area (Å²) in [6, 6.07) is 0.433. The molecular weight excluding hydrogens is 228 g/mol. The van der Waals surface area contributed by atoms with E-state index in [1.807, 2.05) is 20.8 Å². The van der Waals surface area contributed by atoms with Gasteiger partial charge in [0.1, 0.15) is 5.60 Å². The van der Waals surface area contributed by atoms with Crippen molar-refractivity contribution in [3.63, 3.8) is 0 Å². The lowest BCUT2D eigenvalue weighted by molar-refractivity contribution is 0.0286. The normalized spacial score (nSPS) is 20.1. The lowest BCUT2D eigenvalue weighted by Crippen LogP contribution is -2.41. The first-order valence-corrected chi connectivity index (χ1v) is 5.56. The Morgan fingerprint density at radius 3 is 2.56 bits per heavy atom. The van der Waals surface area contributed by atoms with Gasteiger partial charge in [-0.05, 0) is 40.2 Å². The SMILES string of the molecule is CN(C[C@@H]1CCCN1)C(=O)OC(C)(C)C.Cl. The van der Waals surface area contributed by atoms with E-state index in [1.54, 1.807) is 11.9 Å². The number of nitrogens with zero attached hydrogens (tertiary/aromatic N) is 1. The van der Waals surface area contributed by atoms with Crippen LogP contribution in [-0.2, 0) is 4.74 Å². The van der Waals surface area contributed by atoms with Crippen molar-refractivity contribution < 1.29 is 9.53 Å². The number of carbonyl (C=O) groups is 1. The zero-order valence-electron chi connectivity index (χ0n) is 10.6. The van der Waals surface area contributed by atoms with Crippen molar-refractivity contribution >= 4 is 18.5 Å². The molecule has 96 valence electrons. The van der Waals surface area contributed by atoms with Crippen LogP contribution in [0, 0.1) is 0 Å². The van der Waals surface area contributed by atoms with E-state index in [0.717, 1.165) is 19.5 Å². The molecule has 4 nitrogen and oxygen atoms in total. The zero-order chi connectivity index (χ0) is 11.5. The first-order valence-electron chi connectivity index (χ1n) is 5.56. The molecule has 5 heteroatoms. The number of ether oxygens (including phenoxy) is 1. The van der Waals surface area contributed by atoms with Crippen molar-refractivity contribution in [1.29, 1.82) is 0 Å². The third kappa shape index (κ3) is 5.56. The second kappa shape index (κ2) is 6.30. The molecular formula is C11H23ClN2O2. The predicted octanol–water partition coefficient (Wildman–Crippen LogP) is 2.03. The van der Waals surface area contributed by atoms with Crippen LogP contribution in [-0.4, -0.2) is 42.8 Å². The Balaban J connectivity index is 0.00000225. The van der Waals surface area contributed by atoms with Crippen LogP contribution >= 0.6 is 12.4 Å². The van der Waals surface area contributed by atoms with Gasteiger partial charge in [0.2, 0.25) is 0 Å². The molecule has 1 heterocycles. The maximum atomic E-state index is 11.6. The van der Waals surface area contributed by atoms with Gasteiger partial charge in [0.25, 0.3) is 0 Å². The molecule has 1 aliphatic heterocycles. The maximum absolute atomic E-state index is 11.6. The standard InChI is InChI=1S/C11H22N2O2.ClH/c1-11(2,3)15-10(14)13(4)8-9-6-5-7-12-9;/h9,12H,5-8H2,1-4H3;1H/t9-;/m0./s1. The highest BCUT2D eigenvalue weighted by molar-refractivity contribution is 5.85. The quantitative estimate of drug-likeness (QED) is 0.816. The molecule has 1 N–H and O–H groups in total. The van der Waals surface area contributed by atoms with Crippen molar-refractivity contribution in [1.82, 2.24) is 10.2 Å². The number of hydrogen-bond acceptors (Lipinski definition) is 3. The van der Waals surface area contributed by atoms with Crippen LogP contribution in [0.15, 0.2) is 0 Å². The number of halogens is 1. The Bertz CT molecular complexity index is 223. The Hall–Kier alpha value is -0.480. The van der Waals surface area contributed by atoms with E-state index in [1.165, 1.54) is 6.42 Å². The largest absolute Gasteiger partial charge is 0.444 e. The van der Waals surface area contributed by atoms with Crippen LogP contribution in [0.25, 0.3) is 0 Å². The van der Waals surface area contributed by atoms with Crippen molar-refractivity contribution in [3.8, 4) is 0 Å². The highest BCUT2D eigenvalue weighted by Crippen LogP contribution is 2.11. The topological polar surface area (TPSA) is 41.6 Å². The van der Waals surface area contributed by atoms with Crippen molar-refractivity contribution in [2.45, 2.75) is 45.3 Å². The third-order valence-corrected chi connectivity index (χ3v) is 2.36. The summed E-state index contributed by atoms with van der Waals surface area (Å²) in [7, 11) is 1.79. The second-order valence-corrected chi connectivity index (χ2v) is 5.15. The van der Waals surface area contributed by atoms with E-state index in [9.17, 15) is 4.79 Å². The molecule has 0 aromatic carbocycles. The molecule has 16 heavy (non-hydrogen) atoms. The molecule has 0 aromatic heterocycles. The molecule has 0 bridgehead atoms. The van der Waals surface area contributed by atoms with Gasteiger partial charge in [-0.25, -0.2) is 4.79 Å². The Labute approximate surface area is 104 Å². The van der Waals surface area contributed by atoms with Gasteiger partial charge in [-0.1, -0.05) is 0 Å². The number of hydrogen-bond donors (Lipinski definition) is 1. The third-order valence-electron chi connectivity index (χ3n) is 2.36. The van der Waals surface area contributed by atoms with Gasteiger partial charge < -0.3 is 15.0 Å². The van der Waals surface area contributed by atoms with Crippen LogP contribution in [0.4, 0.5) is 4.79 Å². The molecule has 0 aromatic rings. The molecule has 1 amide bonds. The molecule has 0 aliphatic carbocycles. The van der Waals surface area contributed by atoms with Gasteiger partial charge in [0.05, 0.1) is 0 Å².